The Morgan fingerprint density at radius 3 is 2.87 bits per heavy atom. The van der Waals surface area contributed by atoms with Crippen molar-refractivity contribution in [3.63, 3.8) is 0 Å². The van der Waals surface area contributed by atoms with Gasteiger partial charge < -0.3 is 11.1 Å². The second kappa shape index (κ2) is 5.67. The van der Waals surface area contributed by atoms with E-state index in [1.165, 1.54) is 0 Å². The molecule has 0 bridgehead atoms. The molecule has 0 saturated carbocycles. The van der Waals surface area contributed by atoms with Gasteiger partial charge in [-0.15, -0.1) is 0 Å². The fourth-order valence-corrected chi connectivity index (χ4v) is 1.90. The van der Waals surface area contributed by atoms with E-state index >= 15 is 0 Å². The zero-order valence-corrected chi connectivity index (χ0v) is 11.2. The van der Waals surface area contributed by atoms with Crippen molar-refractivity contribution in [2.24, 2.45) is 5.73 Å². The third kappa shape index (κ3) is 3.62. The second-order valence-electron chi connectivity index (χ2n) is 3.13. The van der Waals surface area contributed by atoms with Gasteiger partial charge >= 0.3 is 0 Å². The normalized spacial score (nSPS) is 12.3. The Hall–Kier alpha value is -0.330. The molecule has 3 nitrogen and oxygen atoms in total. The molecule has 1 aromatic carbocycles. The number of nitrogens with one attached hydrogen (secondary N) is 1. The van der Waals surface area contributed by atoms with Gasteiger partial charge in [-0.05, 0) is 47.2 Å². The molecular formula is C10H12ClIN2O. The molecule has 0 spiro atoms. The van der Waals surface area contributed by atoms with Gasteiger partial charge in [-0.2, -0.15) is 0 Å². The molecule has 15 heavy (non-hydrogen) atoms. The number of carbonyl (C=O) groups excluding carboxylic acids is 1. The Kier molecular flexibility index (Phi) is 4.82. The van der Waals surface area contributed by atoms with Crippen molar-refractivity contribution < 1.29 is 4.79 Å². The summed E-state index contributed by atoms with van der Waals surface area (Å²) in [7, 11) is 0. The van der Waals surface area contributed by atoms with Crippen LogP contribution in [0.2, 0.25) is 5.02 Å². The minimum absolute atomic E-state index is 0.208. The van der Waals surface area contributed by atoms with Crippen molar-refractivity contribution in [1.29, 1.82) is 0 Å². The molecule has 1 atom stereocenters. The lowest BCUT2D eigenvalue weighted by Gasteiger charge is -2.11. The minimum Gasteiger partial charge on any atom is -0.323 e. The first kappa shape index (κ1) is 12.7. The zero-order valence-electron chi connectivity index (χ0n) is 8.26. The summed E-state index contributed by atoms with van der Waals surface area (Å²) in [4.78, 5) is 11.5. The standard InChI is InChI=1S/C10H12ClIN2O/c1-2-8(13)10(15)14-9-4-3-6(12)5-7(9)11/h3-5,8H,2,13H2,1H3,(H,14,15). The topological polar surface area (TPSA) is 55.1 Å². The number of hydrogen-bond acceptors (Lipinski definition) is 2. The van der Waals surface area contributed by atoms with E-state index in [4.69, 9.17) is 17.3 Å². The van der Waals surface area contributed by atoms with Gasteiger partial charge in [0.25, 0.3) is 0 Å². The number of carbonyl (C=O) groups is 1. The summed E-state index contributed by atoms with van der Waals surface area (Å²) >= 11 is 8.12. The number of amides is 1. The number of hydrogen-bond donors (Lipinski definition) is 2. The number of rotatable bonds is 3. The summed E-state index contributed by atoms with van der Waals surface area (Å²) in [6.07, 6.45) is 0.605. The number of benzene rings is 1. The molecule has 1 amide bonds. The molecule has 82 valence electrons. The first-order chi connectivity index (χ1) is 7.04. The third-order valence-corrected chi connectivity index (χ3v) is 2.95. The van der Waals surface area contributed by atoms with Crippen LogP contribution in [0, 0.1) is 3.57 Å². The molecule has 0 aliphatic heterocycles. The van der Waals surface area contributed by atoms with Gasteiger partial charge in [-0.1, -0.05) is 18.5 Å². The lowest BCUT2D eigenvalue weighted by molar-refractivity contribution is -0.117. The van der Waals surface area contributed by atoms with Gasteiger partial charge in [0.15, 0.2) is 0 Å². The van der Waals surface area contributed by atoms with Crippen LogP contribution in [-0.2, 0) is 4.79 Å². The van der Waals surface area contributed by atoms with Crippen LogP contribution in [0.1, 0.15) is 13.3 Å². The van der Waals surface area contributed by atoms with E-state index in [1.54, 1.807) is 12.1 Å². The maximum absolute atomic E-state index is 11.5. The molecule has 1 unspecified atom stereocenters. The van der Waals surface area contributed by atoms with Crippen LogP contribution in [0.3, 0.4) is 0 Å². The fourth-order valence-electron chi connectivity index (χ4n) is 1.00. The van der Waals surface area contributed by atoms with Crippen molar-refractivity contribution >= 4 is 45.8 Å². The van der Waals surface area contributed by atoms with Gasteiger partial charge in [-0.25, -0.2) is 0 Å². The molecule has 5 heteroatoms. The summed E-state index contributed by atoms with van der Waals surface area (Å²) in [6, 6.07) is 4.94. The Labute approximate surface area is 108 Å². The summed E-state index contributed by atoms with van der Waals surface area (Å²) < 4.78 is 1.02. The van der Waals surface area contributed by atoms with Crippen LogP contribution in [-0.4, -0.2) is 11.9 Å². The molecule has 0 radical (unpaired) electrons. The molecule has 1 aromatic rings. The van der Waals surface area contributed by atoms with Gasteiger partial charge in [0.05, 0.1) is 16.8 Å². The summed E-state index contributed by atoms with van der Waals surface area (Å²) in [5.74, 6) is -0.208. The van der Waals surface area contributed by atoms with Crippen molar-refractivity contribution in [2.75, 3.05) is 5.32 Å². The molecule has 0 aliphatic rings. The van der Waals surface area contributed by atoms with Crippen LogP contribution < -0.4 is 11.1 Å². The van der Waals surface area contributed by atoms with E-state index in [0.29, 0.717) is 17.1 Å². The molecule has 0 saturated heterocycles. The highest BCUT2D eigenvalue weighted by molar-refractivity contribution is 14.1. The molecule has 0 heterocycles. The molecule has 3 N–H and O–H groups in total. The van der Waals surface area contributed by atoms with E-state index in [9.17, 15) is 4.79 Å². The highest BCUT2D eigenvalue weighted by Crippen LogP contribution is 2.23. The number of anilines is 1. The third-order valence-electron chi connectivity index (χ3n) is 1.97. The summed E-state index contributed by atoms with van der Waals surface area (Å²) in [5, 5.41) is 3.22. The molecule has 1 rings (SSSR count). The quantitative estimate of drug-likeness (QED) is 0.833. The molecule has 0 fully saturated rings. The van der Waals surface area contributed by atoms with Crippen molar-refractivity contribution in [2.45, 2.75) is 19.4 Å². The van der Waals surface area contributed by atoms with E-state index < -0.39 is 6.04 Å². The van der Waals surface area contributed by atoms with Crippen molar-refractivity contribution in [1.82, 2.24) is 0 Å². The lowest BCUT2D eigenvalue weighted by atomic mass is 10.2. The summed E-state index contributed by atoms with van der Waals surface area (Å²) in [5.41, 5.74) is 6.19. The minimum atomic E-state index is -0.486. The highest BCUT2D eigenvalue weighted by Gasteiger charge is 2.12. The fraction of sp³-hybridized carbons (Fsp3) is 0.300. The molecule has 0 aromatic heterocycles. The average molecular weight is 339 g/mol. The van der Waals surface area contributed by atoms with Crippen LogP contribution in [0.15, 0.2) is 18.2 Å². The predicted octanol–water partition coefficient (Wildman–Crippen LogP) is 2.62. The second-order valence-corrected chi connectivity index (χ2v) is 4.78. The first-order valence-corrected chi connectivity index (χ1v) is 6.01. The molecular weight excluding hydrogens is 326 g/mol. The van der Waals surface area contributed by atoms with Crippen molar-refractivity contribution in [3.8, 4) is 0 Å². The smallest absolute Gasteiger partial charge is 0.241 e. The van der Waals surface area contributed by atoms with Gasteiger partial charge in [0, 0.05) is 3.57 Å². The number of nitrogens with two attached hydrogens (primary N) is 1. The number of halogens is 2. The van der Waals surface area contributed by atoms with Crippen molar-refractivity contribution in [3.05, 3.63) is 26.8 Å². The first-order valence-electron chi connectivity index (χ1n) is 4.56. The van der Waals surface area contributed by atoms with E-state index in [0.717, 1.165) is 3.57 Å². The van der Waals surface area contributed by atoms with Crippen LogP contribution in [0.4, 0.5) is 5.69 Å². The SMILES string of the molecule is CCC(N)C(=O)Nc1ccc(I)cc1Cl. The van der Waals surface area contributed by atoms with E-state index in [2.05, 4.69) is 27.9 Å². The Balaban J connectivity index is 2.77. The Bertz CT molecular complexity index is 370. The van der Waals surface area contributed by atoms with Gasteiger partial charge in [0.1, 0.15) is 0 Å². The maximum atomic E-state index is 11.5. The lowest BCUT2D eigenvalue weighted by Crippen LogP contribution is -2.34. The monoisotopic (exact) mass is 338 g/mol. The highest BCUT2D eigenvalue weighted by atomic mass is 127. The summed E-state index contributed by atoms with van der Waals surface area (Å²) in [6.45, 7) is 1.86. The average Bonchev–Trinajstić information content (AvgIpc) is 2.20. The molecule has 0 aliphatic carbocycles. The zero-order chi connectivity index (χ0) is 11.4. The van der Waals surface area contributed by atoms with Crippen LogP contribution in [0.5, 0.6) is 0 Å². The Morgan fingerprint density at radius 1 is 1.67 bits per heavy atom. The largest absolute Gasteiger partial charge is 0.323 e. The maximum Gasteiger partial charge on any atom is 0.241 e. The van der Waals surface area contributed by atoms with Crippen LogP contribution in [0.25, 0.3) is 0 Å². The van der Waals surface area contributed by atoms with Gasteiger partial charge in [-0.3, -0.25) is 4.79 Å². The van der Waals surface area contributed by atoms with E-state index in [1.807, 2.05) is 13.0 Å². The van der Waals surface area contributed by atoms with Gasteiger partial charge in [0.2, 0.25) is 5.91 Å². The van der Waals surface area contributed by atoms with E-state index in [-0.39, 0.29) is 5.91 Å². The Morgan fingerprint density at radius 2 is 2.33 bits per heavy atom. The predicted molar refractivity (Wildman–Crippen MR) is 71.1 cm³/mol. The van der Waals surface area contributed by atoms with Crippen LogP contribution >= 0.6 is 34.2 Å².